The fourth-order valence-electron chi connectivity index (χ4n) is 2.06. The topological polar surface area (TPSA) is 68.2 Å². The average molecular weight is 437 g/mol. The Hall–Kier alpha value is -1.000. The zero-order valence-corrected chi connectivity index (χ0v) is 14.7. The molecule has 0 radical (unpaired) electrons. The van der Waals surface area contributed by atoms with E-state index < -0.39 is 5.97 Å². The summed E-state index contributed by atoms with van der Waals surface area (Å²) in [7, 11) is 0. The van der Waals surface area contributed by atoms with E-state index in [0.717, 1.165) is 27.9 Å². The molecule has 0 saturated carbocycles. The maximum atomic E-state index is 11.7. The van der Waals surface area contributed by atoms with Gasteiger partial charge >= 0.3 is 5.97 Å². The number of rotatable bonds is 3. The van der Waals surface area contributed by atoms with Crippen LogP contribution in [0.2, 0.25) is 5.15 Å². The molecule has 110 valence electrons. The molecule has 0 fully saturated rings. The van der Waals surface area contributed by atoms with Gasteiger partial charge in [0.1, 0.15) is 0 Å². The Balaban J connectivity index is 1.91. The number of hydrogen-bond donors (Lipinski definition) is 0. The van der Waals surface area contributed by atoms with E-state index in [0.29, 0.717) is 22.6 Å². The highest BCUT2D eigenvalue weighted by Gasteiger charge is 2.28. The third-order valence-electron chi connectivity index (χ3n) is 3.00. The molecule has 9 heteroatoms. The fraction of sp³-hybridized carbons (Fsp3) is 0.333. The number of nitrogens with zero attached hydrogens (tertiary/aromatic N) is 4. The molecule has 3 rings (SSSR count). The highest BCUT2D eigenvalue weighted by Crippen LogP contribution is 2.37. The molecule has 1 aliphatic heterocycles. The fourth-order valence-corrected chi connectivity index (χ4v) is 3.65. The van der Waals surface area contributed by atoms with Gasteiger partial charge in [-0.25, -0.2) is 9.78 Å². The van der Waals surface area contributed by atoms with Crippen molar-refractivity contribution in [3.05, 3.63) is 25.4 Å². The van der Waals surface area contributed by atoms with Crippen LogP contribution in [-0.4, -0.2) is 34.3 Å². The molecule has 0 amide bonds. The van der Waals surface area contributed by atoms with Crippen molar-refractivity contribution >= 4 is 62.4 Å². The molecule has 2 aromatic heterocycles. The molecule has 0 spiro atoms. The van der Waals surface area contributed by atoms with Crippen molar-refractivity contribution in [3.8, 4) is 0 Å². The highest BCUT2D eigenvalue weighted by molar-refractivity contribution is 14.1. The first-order chi connectivity index (χ1) is 10.1. The molecule has 3 heterocycles. The quantitative estimate of drug-likeness (QED) is 0.544. The maximum absolute atomic E-state index is 11.7. The summed E-state index contributed by atoms with van der Waals surface area (Å²) in [6.07, 6.45) is 0.831. The SMILES string of the molecule is CCOC(=O)c1csc(N2CCc3c2nnc(Cl)c3I)n1. The van der Waals surface area contributed by atoms with E-state index in [2.05, 4.69) is 37.8 Å². The van der Waals surface area contributed by atoms with E-state index in [4.69, 9.17) is 16.3 Å². The number of carbonyl (C=O) groups is 1. The number of hydrogen-bond acceptors (Lipinski definition) is 7. The zero-order valence-electron chi connectivity index (χ0n) is 11.0. The van der Waals surface area contributed by atoms with Crippen LogP contribution in [-0.2, 0) is 11.2 Å². The lowest BCUT2D eigenvalue weighted by molar-refractivity contribution is 0.0520. The first kappa shape index (κ1) is 14.9. The van der Waals surface area contributed by atoms with Gasteiger partial charge in [0.2, 0.25) is 0 Å². The molecular weight excluding hydrogens is 427 g/mol. The molecule has 2 aromatic rings. The number of aromatic nitrogens is 3. The lowest BCUT2D eigenvalue weighted by Crippen LogP contribution is -2.15. The van der Waals surface area contributed by atoms with Gasteiger partial charge in [0, 0.05) is 17.5 Å². The number of halogens is 2. The van der Waals surface area contributed by atoms with Gasteiger partial charge in [0.25, 0.3) is 0 Å². The third kappa shape index (κ3) is 2.71. The predicted octanol–water partition coefficient (Wildman–Crippen LogP) is 3.06. The number of esters is 1. The van der Waals surface area contributed by atoms with E-state index in [1.54, 1.807) is 12.3 Å². The monoisotopic (exact) mass is 436 g/mol. The van der Waals surface area contributed by atoms with Gasteiger partial charge in [0.15, 0.2) is 21.8 Å². The summed E-state index contributed by atoms with van der Waals surface area (Å²) in [5, 5.41) is 10.9. The standard InChI is InChI=1S/C12H10ClIN4O2S/c1-2-20-11(19)7-5-21-12(15-7)18-4-3-6-8(14)9(13)16-17-10(6)18/h5H,2-4H2,1H3. The van der Waals surface area contributed by atoms with Crippen LogP contribution in [0.25, 0.3) is 0 Å². The first-order valence-electron chi connectivity index (χ1n) is 6.22. The molecule has 0 saturated heterocycles. The number of ether oxygens (including phenoxy) is 1. The molecule has 1 aliphatic rings. The summed E-state index contributed by atoms with van der Waals surface area (Å²) in [4.78, 5) is 18.0. The van der Waals surface area contributed by atoms with Crippen molar-refractivity contribution in [2.75, 3.05) is 18.1 Å². The van der Waals surface area contributed by atoms with Gasteiger partial charge in [0.05, 0.1) is 10.2 Å². The normalized spacial score (nSPS) is 13.4. The van der Waals surface area contributed by atoms with Crippen LogP contribution in [0.4, 0.5) is 10.9 Å². The molecule has 0 N–H and O–H groups in total. The van der Waals surface area contributed by atoms with Crippen molar-refractivity contribution in [2.45, 2.75) is 13.3 Å². The lowest BCUT2D eigenvalue weighted by Gasteiger charge is -2.13. The van der Waals surface area contributed by atoms with Crippen LogP contribution < -0.4 is 4.90 Å². The minimum absolute atomic E-state index is 0.321. The Morgan fingerprint density at radius 1 is 1.57 bits per heavy atom. The van der Waals surface area contributed by atoms with Gasteiger partial charge < -0.3 is 9.64 Å². The van der Waals surface area contributed by atoms with Gasteiger partial charge in [-0.2, -0.15) is 0 Å². The maximum Gasteiger partial charge on any atom is 0.357 e. The van der Waals surface area contributed by atoms with Crippen molar-refractivity contribution in [1.29, 1.82) is 0 Å². The summed E-state index contributed by atoms with van der Waals surface area (Å²) in [6, 6.07) is 0. The predicted molar refractivity (Wildman–Crippen MR) is 88.5 cm³/mol. The van der Waals surface area contributed by atoms with E-state index in [9.17, 15) is 4.79 Å². The van der Waals surface area contributed by atoms with Gasteiger partial charge in [-0.3, -0.25) is 0 Å². The molecule has 0 bridgehead atoms. The van der Waals surface area contributed by atoms with Crippen LogP contribution in [0.1, 0.15) is 23.0 Å². The molecular formula is C12H10ClIN4O2S. The van der Waals surface area contributed by atoms with Crippen molar-refractivity contribution < 1.29 is 9.53 Å². The molecule has 6 nitrogen and oxygen atoms in total. The Morgan fingerprint density at radius 3 is 3.14 bits per heavy atom. The second kappa shape index (κ2) is 6.01. The number of anilines is 2. The molecule has 0 unspecified atom stereocenters. The van der Waals surface area contributed by atoms with Gasteiger partial charge in [-0.1, -0.05) is 11.6 Å². The minimum Gasteiger partial charge on any atom is -0.461 e. The average Bonchev–Trinajstić information content (AvgIpc) is 3.09. The highest BCUT2D eigenvalue weighted by atomic mass is 127. The third-order valence-corrected chi connectivity index (χ3v) is 5.61. The van der Waals surface area contributed by atoms with Crippen molar-refractivity contribution in [2.24, 2.45) is 0 Å². The largest absolute Gasteiger partial charge is 0.461 e. The Labute approximate surface area is 143 Å². The molecule has 21 heavy (non-hydrogen) atoms. The summed E-state index contributed by atoms with van der Waals surface area (Å²) >= 11 is 9.55. The minimum atomic E-state index is -0.406. The van der Waals surface area contributed by atoms with Crippen LogP contribution in [0.15, 0.2) is 5.38 Å². The van der Waals surface area contributed by atoms with E-state index in [1.165, 1.54) is 11.3 Å². The van der Waals surface area contributed by atoms with Crippen molar-refractivity contribution in [1.82, 2.24) is 15.2 Å². The van der Waals surface area contributed by atoms with Crippen LogP contribution >= 0.6 is 45.5 Å². The van der Waals surface area contributed by atoms with Crippen LogP contribution in [0.5, 0.6) is 0 Å². The van der Waals surface area contributed by atoms with E-state index in [-0.39, 0.29) is 0 Å². The second-order valence-electron chi connectivity index (χ2n) is 4.24. The molecule has 0 atom stereocenters. The Morgan fingerprint density at radius 2 is 2.38 bits per heavy atom. The van der Waals surface area contributed by atoms with Gasteiger partial charge in [-0.05, 0) is 35.9 Å². The lowest BCUT2D eigenvalue weighted by atomic mass is 10.2. The number of fused-ring (bicyclic) bond motifs is 1. The number of thiazole rings is 1. The molecule has 0 aromatic carbocycles. The first-order valence-corrected chi connectivity index (χ1v) is 8.56. The summed E-state index contributed by atoms with van der Waals surface area (Å²) < 4.78 is 5.87. The van der Waals surface area contributed by atoms with Gasteiger partial charge in [-0.15, -0.1) is 21.5 Å². The molecule has 0 aliphatic carbocycles. The Bertz CT molecular complexity index is 709. The van der Waals surface area contributed by atoms with E-state index >= 15 is 0 Å². The number of carbonyl (C=O) groups excluding carboxylic acids is 1. The Kier molecular flexibility index (Phi) is 4.27. The zero-order chi connectivity index (χ0) is 15.0. The van der Waals surface area contributed by atoms with Crippen LogP contribution in [0, 0.1) is 3.57 Å². The smallest absolute Gasteiger partial charge is 0.357 e. The summed E-state index contributed by atoms with van der Waals surface area (Å²) in [5.74, 6) is 0.352. The second-order valence-corrected chi connectivity index (χ2v) is 6.52. The van der Waals surface area contributed by atoms with Crippen molar-refractivity contribution in [3.63, 3.8) is 0 Å². The summed E-state index contributed by atoms with van der Waals surface area (Å²) in [6.45, 7) is 2.85. The summed E-state index contributed by atoms with van der Waals surface area (Å²) in [5.41, 5.74) is 1.39. The van der Waals surface area contributed by atoms with E-state index in [1.807, 2.05) is 4.90 Å². The van der Waals surface area contributed by atoms with Crippen LogP contribution in [0.3, 0.4) is 0 Å².